The molecule has 0 fully saturated rings. The van der Waals surface area contributed by atoms with Crippen LogP contribution in [0.25, 0.3) is 10.9 Å². The average Bonchev–Trinajstić information content (AvgIpc) is 3.49. The molecule has 53 heavy (non-hydrogen) atoms. The van der Waals surface area contributed by atoms with E-state index in [1.54, 1.807) is 19.1 Å². The highest BCUT2D eigenvalue weighted by Gasteiger charge is 2.47. The standard InChI is InChI=1S/C38H50F4N6O5/c1-5-22(3)30(21-44-36(53)43-17-10-18-49)46-35(52)37(16-15-29-26(20-37)25-12-9-13-27(33(25)45-29)38(40,41)42)48-34(51)32(23(4)6-2)47-31(50)19-24-11-7-8-14-28(24)39/h7-9,11-14,22-23,30,32,45,49H,5-6,10,15-21H2,1-4H3,(H,46,52)(H,47,50)(H,48,51)(H2,43,44,53)/t22-,23?,30?,32-,37+/m0/s1. The second kappa shape index (κ2) is 17.9. The normalized spacial score (nSPS) is 17.9. The summed E-state index contributed by atoms with van der Waals surface area (Å²) in [6.07, 6.45) is -3.52. The van der Waals surface area contributed by atoms with Crippen molar-refractivity contribution in [3.63, 3.8) is 0 Å². The largest absolute Gasteiger partial charge is 0.418 e. The lowest BCUT2D eigenvalue weighted by Crippen LogP contribution is -2.67. The van der Waals surface area contributed by atoms with E-state index in [1.165, 1.54) is 24.3 Å². The highest BCUT2D eigenvalue weighted by molar-refractivity contribution is 5.97. The molecule has 1 aliphatic rings. The predicted octanol–water partition coefficient (Wildman–Crippen LogP) is 4.66. The lowest BCUT2D eigenvalue weighted by Gasteiger charge is -2.40. The molecule has 5 atom stereocenters. The molecule has 4 rings (SSSR count). The average molecular weight is 747 g/mol. The van der Waals surface area contributed by atoms with Gasteiger partial charge in [0.15, 0.2) is 0 Å². The summed E-state index contributed by atoms with van der Waals surface area (Å²) < 4.78 is 56.4. The van der Waals surface area contributed by atoms with Crippen LogP contribution in [0.4, 0.5) is 22.4 Å². The van der Waals surface area contributed by atoms with E-state index in [1.807, 2.05) is 20.8 Å². The van der Waals surface area contributed by atoms with Gasteiger partial charge in [-0.1, -0.05) is 70.9 Å². The predicted molar refractivity (Wildman–Crippen MR) is 192 cm³/mol. The zero-order valence-corrected chi connectivity index (χ0v) is 30.5. The molecule has 5 amide bonds. The van der Waals surface area contributed by atoms with Gasteiger partial charge in [0.25, 0.3) is 0 Å². The molecule has 7 N–H and O–H groups in total. The number of fused-ring (bicyclic) bond motifs is 3. The van der Waals surface area contributed by atoms with Gasteiger partial charge < -0.3 is 36.7 Å². The van der Waals surface area contributed by atoms with Crippen LogP contribution in [0.15, 0.2) is 42.5 Å². The number of aromatic amines is 1. The number of H-pyrrole nitrogens is 1. The molecule has 290 valence electrons. The van der Waals surface area contributed by atoms with E-state index < -0.39 is 64.9 Å². The number of alkyl halides is 3. The molecule has 1 heterocycles. The maximum Gasteiger partial charge on any atom is 0.418 e. The van der Waals surface area contributed by atoms with Crippen LogP contribution in [0.2, 0.25) is 0 Å². The van der Waals surface area contributed by atoms with Gasteiger partial charge in [0.05, 0.1) is 17.5 Å². The van der Waals surface area contributed by atoms with Crippen molar-refractivity contribution in [3.05, 3.63) is 70.7 Å². The third kappa shape index (κ3) is 10.1. The number of aliphatic hydroxyl groups excluding tert-OH is 1. The Labute approximate surface area is 306 Å². The van der Waals surface area contributed by atoms with Gasteiger partial charge >= 0.3 is 12.2 Å². The second-order valence-electron chi connectivity index (χ2n) is 13.9. The number of amides is 5. The Bertz CT molecular complexity index is 1760. The number of para-hydroxylation sites is 1. The number of nitrogens with one attached hydrogen (secondary N) is 6. The molecule has 1 aromatic heterocycles. The number of benzene rings is 2. The summed E-state index contributed by atoms with van der Waals surface area (Å²) in [5.74, 6) is -2.99. The minimum Gasteiger partial charge on any atom is -0.396 e. The summed E-state index contributed by atoms with van der Waals surface area (Å²) >= 11 is 0. The number of halogens is 4. The van der Waals surface area contributed by atoms with Gasteiger partial charge in [-0.3, -0.25) is 14.4 Å². The number of rotatable bonds is 16. The van der Waals surface area contributed by atoms with Crippen LogP contribution in [-0.2, 0) is 39.8 Å². The number of aromatic nitrogens is 1. The highest BCUT2D eigenvalue weighted by atomic mass is 19.4. The van der Waals surface area contributed by atoms with E-state index in [4.69, 9.17) is 5.11 Å². The zero-order valence-electron chi connectivity index (χ0n) is 30.5. The number of carbonyl (C=O) groups excluding carboxylic acids is 4. The van der Waals surface area contributed by atoms with Crippen molar-refractivity contribution in [1.82, 2.24) is 31.6 Å². The first-order valence-electron chi connectivity index (χ1n) is 18.1. The monoisotopic (exact) mass is 746 g/mol. The van der Waals surface area contributed by atoms with Gasteiger partial charge in [-0.15, -0.1) is 0 Å². The summed E-state index contributed by atoms with van der Waals surface area (Å²) in [5, 5.41) is 23.3. The molecule has 0 saturated carbocycles. The van der Waals surface area contributed by atoms with Crippen LogP contribution < -0.4 is 26.6 Å². The van der Waals surface area contributed by atoms with Crippen LogP contribution in [0, 0.1) is 17.7 Å². The van der Waals surface area contributed by atoms with E-state index >= 15 is 0 Å². The van der Waals surface area contributed by atoms with Crippen molar-refractivity contribution < 1.29 is 41.8 Å². The van der Waals surface area contributed by atoms with Crippen molar-refractivity contribution in [2.45, 2.75) is 96.4 Å². The van der Waals surface area contributed by atoms with Crippen LogP contribution in [0.1, 0.15) is 75.8 Å². The van der Waals surface area contributed by atoms with Gasteiger partial charge in [-0.25, -0.2) is 9.18 Å². The SMILES string of the molecule is CCC(C)[C@H](NC(=O)Cc1ccccc1F)C(=O)N[C@]1(C(=O)NC(CNC(=O)NCCCO)[C@@H](C)CC)CCc2[nH]c3c(C(F)(F)F)cccc3c2C1. The fourth-order valence-electron chi connectivity index (χ4n) is 6.65. The first-order chi connectivity index (χ1) is 25.1. The quantitative estimate of drug-likeness (QED) is 0.0837. The minimum atomic E-state index is -4.64. The van der Waals surface area contributed by atoms with Crippen molar-refractivity contribution in [2.75, 3.05) is 19.7 Å². The lowest BCUT2D eigenvalue weighted by atomic mass is 9.78. The van der Waals surface area contributed by atoms with E-state index in [9.17, 15) is 36.7 Å². The van der Waals surface area contributed by atoms with Crippen LogP contribution in [0.5, 0.6) is 0 Å². The zero-order chi connectivity index (χ0) is 38.9. The Hall–Kier alpha value is -4.66. The Morgan fingerprint density at radius 1 is 0.962 bits per heavy atom. The van der Waals surface area contributed by atoms with E-state index in [-0.39, 0.29) is 67.8 Å². The van der Waals surface area contributed by atoms with Gasteiger partial charge in [0.2, 0.25) is 17.7 Å². The Balaban J connectivity index is 1.69. The van der Waals surface area contributed by atoms with Crippen molar-refractivity contribution in [2.24, 2.45) is 11.8 Å². The van der Waals surface area contributed by atoms with Crippen molar-refractivity contribution in [1.29, 1.82) is 0 Å². The fraction of sp³-hybridized carbons (Fsp3) is 0.526. The molecular formula is C38H50F4N6O5. The number of hydrogen-bond acceptors (Lipinski definition) is 5. The van der Waals surface area contributed by atoms with Crippen molar-refractivity contribution in [3.8, 4) is 0 Å². The van der Waals surface area contributed by atoms with Gasteiger partial charge in [-0.05, 0) is 54.4 Å². The van der Waals surface area contributed by atoms with Crippen LogP contribution >= 0.6 is 0 Å². The molecule has 0 aliphatic heterocycles. The molecule has 0 spiro atoms. The number of aryl methyl sites for hydroxylation is 1. The third-order valence-corrected chi connectivity index (χ3v) is 10.3. The second-order valence-corrected chi connectivity index (χ2v) is 13.9. The molecule has 0 radical (unpaired) electrons. The molecule has 3 aromatic rings. The topological polar surface area (TPSA) is 164 Å². The summed E-state index contributed by atoms with van der Waals surface area (Å²) in [5.41, 5.74) is -1.50. The summed E-state index contributed by atoms with van der Waals surface area (Å²) in [6.45, 7) is 7.58. The Kier molecular flexibility index (Phi) is 13.9. The Morgan fingerprint density at radius 2 is 1.68 bits per heavy atom. The van der Waals surface area contributed by atoms with Gasteiger partial charge in [0.1, 0.15) is 17.4 Å². The first-order valence-corrected chi connectivity index (χ1v) is 18.1. The van der Waals surface area contributed by atoms with Gasteiger partial charge in [0, 0.05) is 43.2 Å². The molecule has 2 aromatic carbocycles. The third-order valence-electron chi connectivity index (χ3n) is 10.3. The maximum atomic E-state index is 14.6. The number of urea groups is 1. The highest BCUT2D eigenvalue weighted by Crippen LogP contribution is 2.40. The number of aliphatic hydroxyl groups is 1. The molecular weight excluding hydrogens is 696 g/mol. The Morgan fingerprint density at radius 3 is 2.34 bits per heavy atom. The fourth-order valence-corrected chi connectivity index (χ4v) is 6.65. The van der Waals surface area contributed by atoms with E-state index in [0.717, 1.165) is 6.07 Å². The number of carbonyl (C=O) groups is 4. The summed E-state index contributed by atoms with van der Waals surface area (Å²) in [4.78, 5) is 57.4. The molecule has 0 bridgehead atoms. The van der Waals surface area contributed by atoms with Gasteiger partial charge in [-0.2, -0.15) is 13.2 Å². The molecule has 1 aliphatic carbocycles. The van der Waals surface area contributed by atoms with E-state index in [0.29, 0.717) is 30.5 Å². The van der Waals surface area contributed by atoms with Crippen LogP contribution in [-0.4, -0.2) is 71.2 Å². The van der Waals surface area contributed by atoms with E-state index in [2.05, 4.69) is 31.6 Å². The minimum absolute atomic E-state index is 0.0183. The smallest absolute Gasteiger partial charge is 0.396 e. The molecule has 15 heteroatoms. The van der Waals surface area contributed by atoms with Crippen molar-refractivity contribution >= 4 is 34.7 Å². The summed E-state index contributed by atoms with van der Waals surface area (Å²) in [6, 6.07) is 7.41. The first kappa shape index (κ1) is 41.1. The molecule has 0 saturated heterocycles. The maximum absolute atomic E-state index is 14.6. The lowest BCUT2D eigenvalue weighted by molar-refractivity contribution is -0.137. The summed E-state index contributed by atoms with van der Waals surface area (Å²) in [7, 11) is 0. The molecule has 11 nitrogen and oxygen atoms in total. The molecule has 2 unspecified atom stereocenters. The number of hydrogen-bond donors (Lipinski definition) is 7. The van der Waals surface area contributed by atoms with Crippen LogP contribution in [0.3, 0.4) is 0 Å².